The van der Waals surface area contributed by atoms with Gasteiger partial charge in [0.15, 0.2) is 12.4 Å². The van der Waals surface area contributed by atoms with Crippen molar-refractivity contribution < 1.29 is 32.6 Å². The van der Waals surface area contributed by atoms with Crippen molar-refractivity contribution in [2.45, 2.75) is 19.5 Å². The average Bonchev–Trinajstić information content (AvgIpc) is 2.48. The molecule has 0 aliphatic heterocycles. The van der Waals surface area contributed by atoms with Crippen molar-refractivity contribution in [2.24, 2.45) is 5.92 Å². The standard InChI is InChI=1S/C16H20F3NO4/c1-4-10(8-20(2)3)15(23)12-6-5-11(24-9-14(21)22)7-13(12)16(17,18)19/h5-7,10H,4,8-9H2,1-3H3,(H,21,22). The van der Waals surface area contributed by atoms with Gasteiger partial charge in [0.1, 0.15) is 5.75 Å². The fourth-order valence-corrected chi connectivity index (χ4v) is 2.27. The molecule has 8 heteroatoms. The molecule has 1 unspecified atom stereocenters. The number of hydrogen-bond acceptors (Lipinski definition) is 4. The number of ether oxygens (including phenoxy) is 1. The van der Waals surface area contributed by atoms with Crippen molar-refractivity contribution >= 4 is 11.8 Å². The van der Waals surface area contributed by atoms with Gasteiger partial charge in [-0.25, -0.2) is 4.79 Å². The third kappa shape index (κ3) is 5.52. The van der Waals surface area contributed by atoms with E-state index in [0.717, 1.165) is 6.07 Å². The van der Waals surface area contributed by atoms with E-state index in [1.165, 1.54) is 6.07 Å². The molecule has 0 fully saturated rings. The molecule has 0 radical (unpaired) electrons. The lowest BCUT2D eigenvalue weighted by Crippen LogP contribution is -2.29. The van der Waals surface area contributed by atoms with Crippen LogP contribution >= 0.6 is 0 Å². The van der Waals surface area contributed by atoms with Gasteiger partial charge in [-0.3, -0.25) is 4.79 Å². The first-order valence-corrected chi connectivity index (χ1v) is 7.31. The number of alkyl halides is 3. The molecule has 0 saturated carbocycles. The monoisotopic (exact) mass is 347 g/mol. The second-order valence-electron chi connectivity index (χ2n) is 5.62. The minimum atomic E-state index is -4.75. The lowest BCUT2D eigenvalue weighted by atomic mass is 9.91. The van der Waals surface area contributed by atoms with Crippen molar-refractivity contribution in [3.63, 3.8) is 0 Å². The molecular formula is C16H20F3NO4. The topological polar surface area (TPSA) is 66.8 Å². The zero-order valence-corrected chi connectivity index (χ0v) is 13.7. The molecule has 1 N–H and O–H groups in total. The van der Waals surface area contributed by atoms with Crippen LogP contribution in [0.5, 0.6) is 5.75 Å². The van der Waals surface area contributed by atoms with Crippen LogP contribution in [-0.4, -0.2) is 49.0 Å². The Hall–Kier alpha value is -2.09. The van der Waals surface area contributed by atoms with E-state index in [2.05, 4.69) is 0 Å². The fraction of sp³-hybridized carbons (Fsp3) is 0.500. The van der Waals surface area contributed by atoms with Crippen LogP contribution < -0.4 is 4.74 Å². The van der Waals surface area contributed by atoms with Gasteiger partial charge in [0.05, 0.1) is 5.56 Å². The highest BCUT2D eigenvalue weighted by Crippen LogP contribution is 2.35. The van der Waals surface area contributed by atoms with E-state index in [4.69, 9.17) is 9.84 Å². The Balaban J connectivity index is 3.21. The molecule has 0 heterocycles. The summed E-state index contributed by atoms with van der Waals surface area (Å²) in [4.78, 5) is 24.7. The van der Waals surface area contributed by atoms with Gasteiger partial charge in [0.2, 0.25) is 0 Å². The Morgan fingerprint density at radius 3 is 2.38 bits per heavy atom. The predicted octanol–water partition coefficient (Wildman–Crippen LogP) is 2.94. The second-order valence-corrected chi connectivity index (χ2v) is 5.62. The van der Waals surface area contributed by atoms with Crippen LogP contribution in [0.1, 0.15) is 29.3 Å². The summed E-state index contributed by atoms with van der Waals surface area (Å²) in [5, 5.41) is 8.53. The number of Topliss-reactive ketones (excluding diaryl/α,β-unsaturated/α-hetero) is 1. The Labute approximate surface area is 138 Å². The van der Waals surface area contributed by atoms with Crippen LogP contribution in [0.25, 0.3) is 0 Å². The summed E-state index contributed by atoms with van der Waals surface area (Å²) in [5.41, 5.74) is -1.55. The molecule has 0 amide bonds. The summed E-state index contributed by atoms with van der Waals surface area (Å²) in [5.74, 6) is -2.71. The molecule has 24 heavy (non-hydrogen) atoms. The number of carbonyl (C=O) groups excluding carboxylic acids is 1. The van der Waals surface area contributed by atoms with Crippen molar-refractivity contribution in [1.29, 1.82) is 0 Å². The number of benzene rings is 1. The molecule has 1 atom stereocenters. The van der Waals surface area contributed by atoms with Crippen LogP contribution in [0.2, 0.25) is 0 Å². The van der Waals surface area contributed by atoms with Gasteiger partial charge in [-0.05, 0) is 38.7 Å². The number of carboxylic acid groups (broad SMARTS) is 1. The molecule has 0 aliphatic rings. The predicted molar refractivity (Wildman–Crippen MR) is 81.2 cm³/mol. The quantitative estimate of drug-likeness (QED) is 0.733. The first-order chi connectivity index (χ1) is 11.1. The third-order valence-electron chi connectivity index (χ3n) is 3.37. The molecule has 0 spiro atoms. The Morgan fingerprint density at radius 1 is 1.29 bits per heavy atom. The van der Waals surface area contributed by atoms with Gasteiger partial charge in [-0.2, -0.15) is 13.2 Å². The zero-order valence-electron chi connectivity index (χ0n) is 13.7. The van der Waals surface area contributed by atoms with E-state index in [0.29, 0.717) is 19.0 Å². The van der Waals surface area contributed by atoms with Gasteiger partial charge in [-0.1, -0.05) is 6.92 Å². The summed E-state index contributed by atoms with van der Waals surface area (Å²) < 4.78 is 44.6. The SMILES string of the molecule is CCC(CN(C)C)C(=O)c1ccc(OCC(=O)O)cc1C(F)(F)F. The number of halogens is 3. The number of hydrogen-bond donors (Lipinski definition) is 1. The number of carbonyl (C=O) groups is 2. The van der Waals surface area contributed by atoms with Crippen LogP contribution in [0.3, 0.4) is 0 Å². The molecule has 5 nitrogen and oxygen atoms in total. The maximum atomic E-state index is 13.3. The van der Waals surface area contributed by atoms with Gasteiger partial charge in [0.25, 0.3) is 0 Å². The van der Waals surface area contributed by atoms with E-state index < -0.39 is 41.6 Å². The minimum absolute atomic E-state index is 0.248. The number of rotatable bonds is 8. The molecular weight excluding hydrogens is 327 g/mol. The van der Waals surface area contributed by atoms with E-state index in [9.17, 15) is 22.8 Å². The van der Waals surface area contributed by atoms with Crippen LogP contribution in [-0.2, 0) is 11.0 Å². The lowest BCUT2D eigenvalue weighted by Gasteiger charge is -2.21. The summed E-state index contributed by atoms with van der Waals surface area (Å²) in [6.45, 7) is 1.32. The summed E-state index contributed by atoms with van der Waals surface area (Å²) >= 11 is 0. The first kappa shape index (κ1) is 20.0. The Kier molecular flexibility index (Phi) is 6.77. The highest BCUT2D eigenvalue weighted by molar-refractivity contribution is 5.99. The van der Waals surface area contributed by atoms with E-state index >= 15 is 0 Å². The van der Waals surface area contributed by atoms with Gasteiger partial charge in [0, 0.05) is 18.0 Å². The van der Waals surface area contributed by atoms with Crippen molar-refractivity contribution in [3.8, 4) is 5.75 Å². The maximum absolute atomic E-state index is 13.3. The molecule has 0 aromatic heterocycles. The largest absolute Gasteiger partial charge is 0.482 e. The van der Waals surface area contributed by atoms with Crippen molar-refractivity contribution in [3.05, 3.63) is 29.3 Å². The van der Waals surface area contributed by atoms with Crippen LogP contribution in [0.4, 0.5) is 13.2 Å². The lowest BCUT2D eigenvalue weighted by molar-refractivity contribution is -0.139. The third-order valence-corrected chi connectivity index (χ3v) is 3.37. The molecule has 1 rings (SSSR count). The Bertz CT molecular complexity index is 599. The Morgan fingerprint density at radius 2 is 1.92 bits per heavy atom. The normalized spacial score (nSPS) is 13.0. The van der Waals surface area contributed by atoms with E-state index in [-0.39, 0.29) is 5.75 Å². The fourth-order valence-electron chi connectivity index (χ4n) is 2.27. The van der Waals surface area contributed by atoms with E-state index in [1.807, 2.05) is 0 Å². The van der Waals surface area contributed by atoms with Crippen molar-refractivity contribution in [2.75, 3.05) is 27.2 Å². The van der Waals surface area contributed by atoms with Crippen LogP contribution in [0.15, 0.2) is 18.2 Å². The minimum Gasteiger partial charge on any atom is -0.482 e. The van der Waals surface area contributed by atoms with Gasteiger partial charge in [-0.15, -0.1) is 0 Å². The number of nitrogens with zero attached hydrogens (tertiary/aromatic N) is 1. The highest BCUT2D eigenvalue weighted by Gasteiger charge is 2.37. The second kappa shape index (κ2) is 8.14. The summed E-state index contributed by atoms with van der Waals surface area (Å²) in [7, 11) is 3.48. The van der Waals surface area contributed by atoms with Gasteiger partial charge >= 0.3 is 12.1 Å². The zero-order chi connectivity index (χ0) is 18.5. The molecule has 1 aromatic carbocycles. The highest BCUT2D eigenvalue weighted by atomic mass is 19.4. The number of aliphatic carboxylic acids is 1. The van der Waals surface area contributed by atoms with E-state index in [1.54, 1.807) is 25.9 Å². The van der Waals surface area contributed by atoms with Crippen molar-refractivity contribution in [1.82, 2.24) is 4.90 Å². The molecule has 0 bridgehead atoms. The summed E-state index contributed by atoms with van der Waals surface area (Å²) in [6.07, 6.45) is -4.34. The number of ketones is 1. The molecule has 0 aliphatic carbocycles. The molecule has 0 saturated heterocycles. The van der Waals surface area contributed by atoms with Crippen LogP contribution in [0, 0.1) is 5.92 Å². The molecule has 1 aromatic rings. The average molecular weight is 347 g/mol. The first-order valence-electron chi connectivity index (χ1n) is 7.31. The maximum Gasteiger partial charge on any atom is 0.417 e. The number of carboxylic acids is 1. The molecule has 134 valence electrons. The smallest absolute Gasteiger partial charge is 0.417 e. The van der Waals surface area contributed by atoms with Gasteiger partial charge < -0.3 is 14.7 Å². The summed E-state index contributed by atoms with van der Waals surface area (Å²) in [6, 6.07) is 2.88.